The maximum absolute atomic E-state index is 12.1. The van der Waals surface area contributed by atoms with Crippen molar-refractivity contribution in [3.05, 3.63) is 72.8 Å². The third-order valence-corrected chi connectivity index (χ3v) is 4.73. The molecule has 6 nitrogen and oxygen atoms in total. The molecule has 1 amide bonds. The van der Waals surface area contributed by atoms with Gasteiger partial charge in [-0.05, 0) is 45.5 Å². The third-order valence-electron chi connectivity index (χ3n) is 3.81. The van der Waals surface area contributed by atoms with E-state index in [-0.39, 0.29) is 11.7 Å². The van der Waals surface area contributed by atoms with E-state index in [0.717, 1.165) is 22.1 Å². The molecule has 1 N–H and O–H groups in total. The van der Waals surface area contributed by atoms with Gasteiger partial charge in [-0.25, -0.2) is 0 Å². The number of nitrogens with zero attached hydrogens (tertiary/aromatic N) is 4. The van der Waals surface area contributed by atoms with Crippen LogP contribution in [-0.4, -0.2) is 31.9 Å². The third kappa shape index (κ3) is 3.57. The van der Waals surface area contributed by atoms with E-state index in [9.17, 15) is 4.79 Å². The number of benzene rings is 3. The van der Waals surface area contributed by atoms with E-state index >= 15 is 0 Å². The first-order chi connectivity index (χ1) is 12.8. The quantitative estimate of drug-likeness (QED) is 0.550. The number of nitrogens with one attached hydrogen (secondary N) is 1. The van der Waals surface area contributed by atoms with Gasteiger partial charge in [0.1, 0.15) is 0 Å². The van der Waals surface area contributed by atoms with Crippen LogP contribution in [0.2, 0.25) is 0 Å². The summed E-state index contributed by atoms with van der Waals surface area (Å²) in [6.07, 6.45) is 0. The Morgan fingerprint density at radius 3 is 2.58 bits per heavy atom. The molecule has 0 atom stereocenters. The Balaban J connectivity index is 1.48. The molecule has 1 heterocycles. The lowest BCUT2D eigenvalue weighted by molar-refractivity contribution is -0.113. The standard InChI is InChI=1S/C19H15N5OS/c25-18(20-16-8-2-1-3-9-16)13-26-19-21-22-23-24(19)17-11-10-14-6-4-5-7-15(14)12-17/h1-12H,13H2,(H,20,25). The monoisotopic (exact) mass is 361 g/mol. The van der Waals surface area contributed by atoms with Gasteiger partial charge in [0, 0.05) is 5.69 Å². The molecule has 0 spiro atoms. The molecule has 0 bridgehead atoms. The fourth-order valence-corrected chi connectivity index (χ4v) is 3.28. The summed E-state index contributed by atoms with van der Waals surface area (Å²) in [5, 5.41) is 17.5. The summed E-state index contributed by atoms with van der Waals surface area (Å²) in [7, 11) is 0. The van der Waals surface area contributed by atoms with Crippen LogP contribution in [0.15, 0.2) is 78.0 Å². The van der Waals surface area contributed by atoms with Crippen molar-refractivity contribution in [2.24, 2.45) is 0 Å². The Kier molecular flexibility index (Phi) is 4.61. The average molecular weight is 361 g/mol. The maximum Gasteiger partial charge on any atom is 0.234 e. The zero-order valence-corrected chi connectivity index (χ0v) is 14.6. The molecule has 0 saturated carbocycles. The number of para-hydroxylation sites is 1. The second kappa shape index (κ2) is 7.37. The molecule has 0 saturated heterocycles. The molecule has 26 heavy (non-hydrogen) atoms. The van der Waals surface area contributed by atoms with Crippen molar-refractivity contribution in [1.29, 1.82) is 0 Å². The van der Waals surface area contributed by atoms with Gasteiger partial charge in [0.05, 0.1) is 11.4 Å². The van der Waals surface area contributed by atoms with Gasteiger partial charge in [-0.1, -0.05) is 60.3 Å². The van der Waals surface area contributed by atoms with Crippen LogP contribution < -0.4 is 5.32 Å². The average Bonchev–Trinajstić information content (AvgIpc) is 3.15. The lowest BCUT2D eigenvalue weighted by Gasteiger charge is -2.06. The predicted molar refractivity (Wildman–Crippen MR) is 102 cm³/mol. The van der Waals surface area contributed by atoms with Crippen LogP contribution >= 0.6 is 11.8 Å². The first-order valence-electron chi connectivity index (χ1n) is 8.05. The largest absolute Gasteiger partial charge is 0.325 e. The van der Waals surface area contributed by atoms with Crippen LogP contribution in [0, 0.1) is 0 Å². The first-order valence-corrected chi connectivity index (χ1v) is 9.03. The number of anilines is 1. The molecule has 3 aromatic carbocycles. The van der Waals surface area contributed by atoms with E-state index in [0.29, 0.717) is 5.16 Å². The lowest BCUT2D eigenvalue weighted by atomic mass is 10.1. The number of hydrogen-bond donors (Lipinski definition) is 1. The highest BCUT2D eigenvalue weighted by molar-refractivity contribution is 7.99. The van der Waals surface area contributed by atoms with Crippen molar-refractivity contribution >= 4 is 34.1 Å². The summed E-state index contributed by atoms with van der Waals surface area (Å²) in [5.74, 6) is 0.123. The molecule has 7 heteroatoms. The van der Waals surface area contributed by atoms with Crippen LogP contribution in [0.4, 0.5) is 5.69 Å². The highest BCUT2D eigenvalue weighted by Gasteiger charge is 2.12. The van der Waals surface area contributed by atoms with Crippen molar-refractivity contribution in [1.82, 2.24) is 20.2 Å². The minimum Gasteiger partial charge on any atom is -0.325 e. The van der Waals surface area contributed by atoms with Gasteiger partial charge in [-0.15, -0.1) is 5.10 Å². The van der Waals surface area contributed by atoms with Crippen LogP contribution in [-0.2, 0) is 4.79 Å². The summed E-state index contributed by atoms with van der Waals surface area (Å²) < 4.78 is 1.65. The fourth-order valence-electron chi connectivity index (χ4n) is 2.59. The van der Waals surface area contributed by atoms with E-state index < -0.39 is 0 Å². The summed E-state index contributed by atoms with van der Waals surface area (Å²) in [6, 6.07) is 23.5. The highest BCUT2D eigenvalue weighted by Crippen LogP contribution is 2.22. The lowest BCUT2D eigenvalue weighted by Crippen LogP contribution is -2.14. The van der Waals surface area contributed by atoms with Gasteiger partial charge in [0.15, 0.2) is 0 Å². The van der Waals surface area contributed by atoms with Crippen molar-refractivity contribution in [3.63, 3.8) is 0 Å². The Bertz CT molecular complexity index is 1050. The predicted octanol–water partition coefficient (Wildman–Crippen LogP) is 3.55. The van der Waals surface area contributed by atoms with Gasteiger partial charge in [-0.2, -0.15) is 4.68 Å². The number of hydrogen-bond acceptors (Lipinski definition) is 5. The van der Waals surface area contributed by atoms with E-state index in [1.807, 2.05) is 66.7 Å². The van der Waals surface area contributed by atoms with Crippen LogP contribution in [0.25, 0.3) is 16.5 Å². The van der Waals surface area contributed by atoms with Crippen molar-refractivity contribution in [2.75, 3.05) is 11.1 Å². The first kappa shape index (κ1) is 16.3. The van der Waals surface area contributed by atoms with Crippen molar-refractivity contribution in [2.45, 2.75) is 5.16 Å². The van der Waals surface area contributed by atoms with Gasteiger partial charge in [0.25, 0.3) is 0 Å². The van der Waals surface area contributed by atoms with E-state index in [2.05, 4.69) is 26.9 Å². The normalized spacial score (nSPS) is 10.8. The number of carbonyl (C=O) groups is 1. The summed E-state index contributed by atoms with van der Waals surface area (Å²) in [5.41, 5.74) is 1.63. The van der Waals surface area contributed by atoms with Crippen LogP contribution in [0.1, 0.15) is 0 Å². The summed E-state index contributed by atoms with van der Waals surface area (Å²) in [6.45, 7) is 0. The molecule has 4 rings (SSSR count). The molecular weight excluding hydrogens is 346 g/mol. The Morgan fingerprint density at radius 2 is 1.73 bits per heavy atom. The topological polar surface area (TPSA) is 72.7 Å². The molecule has 4 aromatic rings. The number of thioether (sulfide) groups is 1. The summed E-state index contributed by atoms with van der Waals surface area (Å²) >= 11 is 1.30. The fraction of sp³-hybridized carbons (Fsp3) is 0.0526. The molecule has 0 aliphatic rings. The number of fused-ring (bicyclic) bond motifs is 1. The molecule has 0 fully saturated rings. The summed E-state index contributed by atoms with van der Waals surface area (Å²) in [4.78, 5) is 12.1. The van der Waals surface area contributed by atoms with E-state index in [1.54, 1.807) is 4.68 Å². The van der Waals surface area contributed by atoms with Crippen molar-refractivity contribution < 1.29 is 4.79 Å². The Hall–Kier alpha value is -3.19. The SMILES string of the molecule is O=C(CSc1nnnn1-c1ccc2ccccc2c1)Nc1ccccc1. The number of aromatic nitrogens is 4. The molecule has 0 unspecified atom stereocenters. The second-order valence-electron chi connectivity index (χ2n) is 5.61. The molecule has 0 radical (unpaired) electrons. The Morgan fingerprint density at radius 1 is 0.962 bits per heavy atom. The number of carbonyl (C=O) groups excluding carboxylic acids is 1. The molecule has 0 aliphatic heterocycles. The highest BCUT2D eigenvalue weighted by atomic mass is 32.2. The smallest absolute Gasteiger partial charge is 0.234 e. The van der Waals surface area contributed by atoms with Gasteiger partial charge in [0.2, 0.25) is 11.1 Å². The molecule has 128 valence electrons. The van der Waals surface area contributed by atoms with Gasteiger partial charge < -0.3 is 5.32 Å². The number of rotatable bonds is 5. The van der Waals surface area contributed by atoms with Crippen LogP contribution in [0.5, 0.6) is 0 Å². The van der Waals surface area contributed by atoms with Gasteiger partial charge in [-0.3, -0.25) is 4.79 Å². The van der Waals surface area contributed by atoms with Crippen LogP contribution in [0.3, 0.4) is 0 Å². The van der Waals surface area contributed by atoms with E-state index in [1.165, 1.54) is 11.8 Å². The number of tetrazole rings is 1. The zero-order chi connectivity index (χ0) is 17.8. The molecular formula is C19H15N5OS. The number of amides is 1. The van der Waals surface area contributed by atoms with Crippen molar-refractivity contribution in [3.8, 4) is 5.69 Å². The maximum atomic E-state index is 12.1. The molecule has 1 aromatic heterocycles. The second-order valence-corrected chi connectivity index (χ2v) is 6.55. The Labute approximate surface area is 154 Å². The minimum atomic E-state index is -0.103. The van der Waals surface area contributed by atoms with Gasteiger partial charge >= 0.3 is 0 Å². The minimum absolute atomic E-state index is 0.103. The molecule has 0 aliphatic carbocycles. The van der Waals surface area contributed by atoms with E-state index in [4.69, 9.17) is 0 Å². The zero-order valence-electron chi connectivity index (χ0n) is 13.7.